The van der Waals surface area contributed by atoms with Crippen LogP contribution in [0.4, 0.5) is 0 Å². The fourth-order valence-electron chi connectivity index (χ4n) is 3.64. The van der Waals surface area contributed by atoms with E-state index in [2.05, 4.69) is 47.5 Å². The number of nitrogens with two attached hydrogens (primary N) is 1. The van der Waals surface area contributed by atoms with Crippen LogP contribution in [-0.4, -0.2) is 43.7 Å². The van der Waals surface area contributed by atoms with Gasteiger partial charge in [-0.25, -0.2) is 0 Å². The van der Waals surface area contributed by atoms with Crippen molar-refractivity contribution < 1.29 is 0 Å². The molecular weight excluding hydrogens is 305 g/mol. The van der Waals surface area contributed by atoms with Crippen molar-refractivity contribution in [3.8, 4) is 0 Å². The van der Waals surface area contributed by atoms with Gasteiger partial charge in [0.1, 0.15) is 0 Å². The topological polar surface area (TPSA) is 41.3 Å². The highest BCUT2D eigenvalue weighted by Gasteiger charge is 2.36. The molecule has 2 fully saturated rings. The summed E-state index contributed by atoms with van der Waals surface area (Å²) >= 11 is 0. The lowest BCUT2D eigenvalue weighted by atomic mass is 9.89. The van der Waals surface area contributed by atoms with E-state index in [9.17, 15) is 0 Å². The Morgan fingerprint density at radius 3 is 2.57 bits per heavy atom. The molecular formula is C16H27Cl2N3. The van der Waals surface area contributed by atoms with Crippen LogP contribution in [0.25, 0.3) is 0 Å². The fourth-order valence-corrected chi connectivity index (χ4v) is 3.64. The number of benzene rings is 1. The predicted molar refractivity (Wildman–Crippen MR) is 93.7 cm³/mol. The summed E-state index contributed by atoms with van der Waals surface area (Å²) in [5.74, 6) is 0.499. The van der Waals surface area contributed by atoms with E-state index in [-0.39, 0.29) is 30.9 Å². The molecule has 0 radical (unpaired) electrons. The van der Waals surface area contributed by atoms with E-state index < -0.39 is 0 Å². The lowest BCUT2D eigenvalue weighted by Gasteiger charge is -2.29. The van der Waals surface area contributed by atoms with Crippen molar-refractivity contribution in [1.29, 1.82) is 0 Å². The lowest BCUT2D eigenvalue weighted by Crippen LogP contribution is -2.37. The van der Waals surface area contributed by atoms with E-state index in [0.717, 1.165) is 19.6 Å². The van der Waals surface area contributed by atoms with Gasteiger partial charge in [-0.2, -0.15) is 0 Å². The van der Waals surface area contributed by atoms with Crippen molar-refractivity contribution >= 4 is 24.8 Å². The summed E-state index contributed by atoms with van der Waals surface area (Å²) in [6.45, 7) is 8.04. The molecule has 0 aliphatic carbocycles. The van der Waals surface area contributed by atoms with E-state index in [0.29, 0.717) is 11.3 Å². The predicted octanol–water partition coefficient (Wildman–Crippen LogP) is 2.26. The minimum absolute atomic E-state index is 0. The first-order chi connectivity index (χ1) is 9.16. The van der Waals surface area contributed by atoms with Crippen molar-refractivity contribution in [2.24, 2.45) is 11.1 Å². The van der Waals surface area contributed by atoms with Crippen LogP contribution < -0.4 is 11.1 Å². The Kier molecular flexibility index (Phi) is 6.95. The molecule has 1 unspecified atom stereocenters. The molecule has 2 saturated heterocycles. The summed E-state index contributed by atoms with van der Waals surface area (Å²) in [5.41, 5.74) is 8.19. The summed E-state index contributed by atoms with van der Waals surface area (Å²) in [6.07, 6.45) is 1.29. The highest BCUT2D eigenvalue weighted by molar-refractivity contribution is 5.85. The maximum absolute atomic E-state index is 6.36. The molecule has 0 aromatic heterocycles. The first-order valence-electron chi connectivity index (χ1n) is 7.40. The second-order valence-corrected chi connectivity index (χ2v) is 6.61. The van der Waals surface area contributed by atoms with Crippen LogP contribution in [0.1, 0.15) is 24.8 Å². The largest absolute Gasteiger partial charge is 0.326 e. The normalized spacial score (nSPS) is 32.5. The zero-order valence-electron chi connectivity index (χ0n) is 12.6. The number of hydrogen-bond donors (Lipinski definition) is 2. The van der Waals surface area contributed by atoms with Gasteiger partial charge in [0, 0.05) is 38.1 Å². The summed E-state index contributed by atoms with van der Waals surface area (Å²) in [6, 6.07) is 11.0. The Bertz CT molecular complexity index is 421. The molecule has 3 N–H and O–H groups in total. The van der Waals surface area contributed by atoms with Crippen LogP contribution in [-0.2, 0) is 0 Å². The Morgan fingerprint density at radius 2 is 1.95 bits per heavy atom. The molecule has 120 valence electrons. The van der Waals surface area contributed by atoms with Crippen molar-refractivity contribution in [3.05, 3.63) is 35.9 Å². The monoisotopic (exact) mass is 331 g/mol. The average molecular weight is 332 g/mol. The van der Waals surface area contributed by atoms with Gasteiger partial charge >= 0.3 is 0 Å². The van der Waals surface area contributed by atoms with Crippen LogP contribution in [0.2, 0.25) is 0 Å². The maximum atomic E-state index is 6.36. The minimum Gasteiger partial charge on any atom is -0.326 e. The zero-order chi connectivity index (χ0) is 13.3. The zero-order valence-corrected chi connectivity index (χ0v) is 14.3. The van der Waals surface area contributed by atoms with Gasteiger partial charge in [-0.1, -0.05) is 37.3 Å². The summed E-state index contributed by atoms with van der Waals surface area (Å²) < 4.78 is 0. The fraction of sp³-hybridized carbons (Fsp3) is 0.625. The number of halogens is 2. The Balaban J connectivity index is 0.00000110. The van der Waals surface area contributed by atoms with E-state index in [1.807, 2.05) is 0 Å². The third kappa shape index (κ3) is 4.33. The maximum Gasteiger partial charge on any atom is 0.0249 e. The third-order valence-electron chi connectivity index (χ3n) is 4.73. The smallest absolute Gasteiger partial charge is 0.0249 e. The van der Waals surface area contributed by atoms with Crippen LogP contribution >= 0.6 is 24.8 Å². The minimum atomic E-state index is 0. The highest BCUT2D eigenvalue weighted by Crippen LogP contribution is 2.31. The second-order valence-electron chi connectivity index (χ2n) is 6.61. The van der Waals surface area contributed by atoms with Gasteiger partial charge < -0.3 is 16.0 Å². The van der Waals surface area contributed by atoms with Crippen molar-refractivity contribution in [2.45, 2.75) is 25.3 Å². The molecule has 1 aromatic carbocycles. The van der Waals surface area contributed by atoms with Crippen molar-refractivity contribution in [3.63, 3.8) is 0 Å². The SMILES string of the molecule is CC1(CN2C[C@@H](N)[C@H](c3ccccc3)C2)CCNC1.Cl.Cl. The van der Waals surface area contributed by atoms with Crippen LogP contribution in [0.3, 0.4) is 0 Å². The molecule has 2 aliphatic rings. The lowest BCUT2D eigenvalue weighted by molar-refractivity contribution is 0.206. The van der Waals surface area contributed by atoms with E-state index in [1.54, 1.807) is 0 Å². The summed E-state index contributed by atoms with van der Waals surface area (Å²) in [7, 11) is 0. The first kappa shape index (κ1) is 18.7. The van der Waals surface area contributed by atoms with Crippen LogP contribution in [0.5, 0.6) is 0 Å². The molecule has 0 saturated carbocycles. The molecule has 3 atom stereocenters. The van der Waals surface area contributed by atoms with Crippen molar-refractivity contribution in [2.75, 3.05) is 32.7 Å². The third-order valence-corrected chi connectivity index (χ3v) is 4.73. The number of hydrogen-bond acceptors (Lipinski definition) is 3. The van der Waals surface area contributed by atoms with Gasteiger partial charge in [-0.3, -0.25) is 0 Å². The highest BCUT2D eigenvalue weighted by atomic mass is 35.5. The summed E-state index contributed by atoms with van der Waals surface area (Å²) in [4.78, 5) is 2.56. The summed E-state index contributed by atoms with van der Waals surface area (Å²) in [5, 5.41) is 3.48. The molecule has 3 rings (SSSR count). The second kappa shape index (κ2) is 7.80. The number of rotatable bonds is 3. The number of nitrogens with one attached hydrogen (secondary N) is 1. The Hall–Kier alpha value is -0.320. The molecule has 2 heterocycles. The Labute approximate surface area is 140 Å². The van der Waals surface area contributed by atoms with Gasteiger partial charge in [-0.05, 0) is 23.9 Å². The molecule has 0 amide bonds. The number of likely N-dealkylation sites (tertiary alicyclic amines) is 1. The average Bonchev–Trinajstić information content (AvgIpc) is 2.97. The molecule has 21 heavy (non-hydrogen) atoms. The van der Waals surface area contributed by atoms with Gasteiger partial charge in [0.05, 0.1) is 0 Å². The standard InChI is InChI=1S/C16H25N3.2ClH/c1-16(7-8-18-11-16)12-19-9-14(15(17)10-19)13-5-3-2-4-6-13;;/h2-6,14-15,18H,7-12,17H2,1H3;2*1H/t14-,15+,16?;;/m0../s1. The van der Waals surface area contributed by atoms with Crippen LogP contribution in [0, 0.1) is 5.41 Å². The molecule has 3 nitrogen and oxygen atoms in total. The van der Waals surface area contributed by atoms with Gasteiger partial charge in [0.15, 0.2) is 0 Å². The van der Waals surface area contributed by atoms with E-state index in [4.69, 9.17) is 5.73 Å². The number of nitrogens with zero attached hydrogens (tertiary/aromatic N) is 1. The van der Waals surface area contributed by atoms with Crippen LogP contribution in [0.15, 0.2) is 30.3 Å². The van der Waals surface area contributed by atoms with E-state index >= 15 is 0 Å². The molecule has 5 heteroatoms. The first-order valence-corrected chi connectivity index (χ1v) is 7.40. The molecule has 0 bridgehead atoms. The van der Waals surface area contributed by atoms with Gasteiger partial charge in [-0.15, -0.1) is 24.8 Å². The molecule has 0 spiro atoms. The van der Waals surface area contributed by atoms with E-state index in [1.165, 1.54) is 25.1 Å². The van der Waals surface area contributed by atoms with Crippen molar-refractivity contribution in [1.82, 2.24) is 10.2 Å². The van der Waals surface area contributed by atoms with Gasteiger partial charge in [0.25, 0.3) is 0 Å². The Morgan fingerprint density at radius 1 is 1.24 bits per heavy atom. The van der Waals surface area contributed by atoms with Gasteiger partial charge in [0.2, 0.25) is 0 Å². The quantitative estimate of drug-likeness (QED) is 0.892. The molecule has 2 aliphatic heterocycles. The molecule has 1 aromatic rings.